The van der Waals surface area contributed by atoms with E-state index in [0.29, 0.717) is 6.54 Å². The van der Waals surface area contributed by atoms with Crippen molar-refractivity contribution < 1.29 is 9.18 Å². The molecule has 1 amide bonds. The van der Waals surface area contributed by atoms with Gasteiger partial charge in [-0.25, -0.2) is 4.39 Å². The van der Waals surface area contributed by atoms with E-state index in [9.17, 15) is 9.18 Å². The maximum atomic E-state index is 13.4. The Morgan fingerprint density at radius 1 is 1.35 bits per heavy atom. The fourth-order valence-electron chi connectivity index (χ4n) is 2.22. The molecule has 1 aromatic carbocycles. The van der Waals surface area contributed by atoms with E-state index in [-0.39, 0.29) is 17.8 Å². The summed E-state index contributed by atoms with van der Waals surface area (Å²) in [5, 5.41) is 2.84. The number of nitrogens with zero attached hydrogens (tertiary/aromatic N) is 2. The van der Waals surface area contributed by atoms with E-state index < -0.39 is 0 Å². The lowest BCUT2D eigenvalue weighted by molar-refractivity contribution is -0.116. The van der Waals surface area contributed by atoms with Crippen LogP contribution in [0.3, 0.4) is 0 Å². The van der Waals surface area contributed by atoms with Crippen molar-refractivity contribution in [1.29, 1.82) is 0 Å². The second-order valence-corrected chi connectivity index (χ2v) is 5.40. The van der Waals surface area contributed by atoms with Crippen molar-refractivity contribution in [2.75, 3.05) is 20.6 Å². The predicted molar refractivity (Wildman–Crippen MR) is 89.1 cm³/mol. The molecule has 0 aliphatic carbocycles. The second kappa shape index (κ2) is 8.19. The minimum absolute atomic E-state index is 0.0959. The number of carbonyl (C=O) groups is 1. The molecular formula is C18H20FN3O. The summed E-state index contributed by atoms with van der Waals surface area (Å²) in [5.74, 6) is -0.478. The van der Waals surface area contributed by atoms with Gasteiger partial charge in [-0.1, -0.05) is 18.2 Å². The lowest BCUT2D eigenvalue weighted by atomic mass is 10.1. The second-order valence-electron chi connectivity index (χ2n) is 5.40. The SMILES string of the molecule is CN(C)C(CNC(=O)/C=C/c1cccnc1)c1cccc(F)c1. The third kappa shape index (κ3) is 5.30. The van der Waals surface area contributed by atoms with Crippen LogP contribution < -0.4 is 5.32 Å². The quantitative estimate of drug-likeness (QED) is 0.834. The van der Waals surface area contributed by atoms with Crippen molar-refractivity contribution in [3.63, 3.8) is 0 Å². The van der Waals surface area contributed by atoms with E-state index in [1.54, 1.807) is 24.5 Å². The van der Waals surface area contributed by atoms with E-state index in [0.717, 1.165) is 11.1 Å². The molecule has 0 aliphatic heterocycles. The van der Waals surface area contributed by atoms with Gasteiger partial charge in [0.15, 0.2) is 0 Å². The van der Waals surface area contributed by atoms with Crippen LogP contribution in [0.1, 0.15) is 17.2 Å². The molecule has 0 spiro atoms. The average Bonchev–Trinajstić information content (AvgIpc) is 2.54. The number of pyridine rings is 1. The molecule has 2 aromatic rings. The molecule has 23 heavy (non-hydrogen) atoms. The van der Waals surface area contributed by atoms with Gasteiger partial charge in [0.1, 0.15) is 5.82 Å². The van der Waals surface area contributed by atoms with E-state index in [2.05, 4.69) is 10.3 Å². The van der Waals surface area contributed by atoms with Crippen LogP contribution in [-0.4, -0.2) is 36.4 Å². The monoisotopic (exact) mass is 313 g/mol. The van der Waals surface area contributed by atoms with Crippen LogP contribution in [0.25, 0.3) is 6.08 Å². The molecule has 0 aliphatic rings. The summed E-state index contributed by atoms with van der Waals surface area (Å²) in [7, 11) is 3.79. The van der Waals surface area contributed by atoms with Crippen molar-refractivity contribution in [2.24, 2.45) is 0 Å². The van der Waals surface area contributed by atoms with E-state index in [4.69, 9.17) is 0 Å². The Labute approximate surface area is 135 Å². The number of hydrogen-bond donors (Lipinski definition) is 1. The number of halogens is 1. The molecule has 1 N–H and O–H groups in total. The summed E-state index contributed by atoms with van der Waals surface area (Å²) >= 11 is 0. The Kier molecular flexibility index (Phi) is 6.00. The molecule has 1 unspecified atom stereocenters. The minimum atomic E-state index is -0.280. The molecule has 0 saturated carbocycles. The van der Waals surface area contributed by atoms with Crippen LogP contribution in [0.4, 0.5) is 4.39 Å². The van der Waals surface area contributed by atoms with Gasteiger partial charge < -0.3 is 10.2 Å². The number of rotatable bonds is 6. The van der Waals surface area contributed by atoms with Gasteiger partial charge in [0, 0.05) is 25.0 Å². The number of aromatic nitrogens is 1. The van der Waals surface area contributed by atoms with Crippen molar-refractivity contribution in [1.82, 2.24) is 15.2 Å². The Hall–Kier alpha value is -2.53. The van der Waals surface area contributed by atoms with Crippen LogP contribution in [0.5, 0.6) is 0 Å². The van der Waals surface area contributed by atoms with Gasteiger partial charge in [-0.2, -0.15) is 0 Å². The number of likely N-dealkylation sites (N-methyl/N-ethyl adjacent to an activating group) is 1. The highest BCUT2D eigenvalue weighted by Gasteiger charge is 2.15. The number of amides is 1. The molecule has 0 saturated heterocycles. The first kappa shape index (κ1) is 16.8. The Morgan fingerprint density at radius 3 is 2.83 bits per heavy atom. The molecule has 1 atom stereocenters. The molecule has 2 rings (SSSR count). The summed E-state index contributed by atoms with van der Waals surface area (Å²) in [6.45, 7) is 0.396. The zero-order valence-electron chi connectivity index (χ0n) is 13.2. The van der Waals surface area contributed by atoms with Crippen molar-refractivity contribution >= 4 is 12.0 Å². The van der Waals surface area contributed by atoms with Gasteiger partial charge in [-0.15, -0.1) is 0 Å². The normalized spacial score (nSPS) is 12.5. The van der Waals surface area contributed by atoms with E-state index in [1.165, 1.54) is 18.2 Å². The Bertz CT molecular complexity index is 671. The fraction of sp³-hybridized carbons (Fsp3) is 0.222. The van der Waals surface area contributed by atoms with Gasteiger partial charge in [-0.3, -0.25) is 9.78 Å². The summed E-state index contributed by atoms with van der Waals surface area (Å²) in [6.07, 6.45) is 6.53. The van der Waals surface area contributed by atoms with Gasteiger partial charge >= 0.3 is 0 Å². The Morgan fingerprint density at radius 2 is 2.17 bits per heavy atom. The third-order valence-electron chi connectivity index (χ3n) is 3.44. The lowest BCUT2D eigenvalue weighted by Crippen LogP contribution is -2.33. The smallest absolute Gasteiger partial charge is 0.244 e. The topological polar surface area (TPSA) is 45.2 Å². The molecular weight excluding hydrogens is 293 g/mol. The largest absolute Gasteiger partial charge is 0.351 e. The summed E-state index contributed by atoms with van der Waals surface area (Å²) in [5.41, 5.74) is 1.68. The third-order valence-corrected chi connectivity index (χ3v) is 3.44. The molecule has 0 fully saturated rings. The first-order valence-corrected chi connectivity index (χ1v) is 7.34. The molecule has 0 radical (unpaired) electrons. The van der Waals surface area contributed by atoms with Crippen LogP contribution >= 0.6 is 0 Å². The first-order chi connectivity index (χ1) is 11.1. The van der Waals surface area contributed by atoms with Gasteiger partial charge in [0.25, 0.3) is 0 Å². The standard InChI is InChI=1S/C18H20FN3O/c1-22(2)17(15-6-3-7-16(19)11-15)13-21-18(23)9-8-14-5-4-10-20-12-14/h3-12,17H,13H2,1-2H3,(H,21,23)/b9-8+. The molecule has 0 bridgehead atoms. The van der Waals surface area contributed by atoms with Crippen molar-refractivity contribution in [3.05, 3.63) is 71.8 Å². The number of carbonyl (C=O) groups excluding carboxylic acids is 1. The highest BCUT2D eigenvalue weighted by Crippen LogP contribution is 2.18. The van der Waals surface area contributed by atoms with Gasteiger partial charge in [-0.05, 0) is 49.5 Å². The van der Waals surface area contributed by atoms with Crippen LogP contribution in [0, 0.1) is 5.82 Å². The Balaban J connectivity index is 1.96. The molecule has 4 nitrogen and oxygen atoms in total. The number of hydrogen-bond acceptors (Lipinski definition) is 3. The van der Waals surface area contributed by atoms with Crippen molar-refractivity contribution in [2.45, 2.75) is 6.04 Å². The van der Waals surface area contributed by atoms with Crippen LogP contribution in [0.2, 0.25) is 0 Å². The zero-order valence-corrected chi connectivity index (χ0v) is 13.2. The molecule has 1 aromatic heterocycles. The van der Waals surface area contributed by atoms with Crippen LogP contribution in [-0.2, 0) is 4.79 Å². The van der Waals surface area contributed by atoms with Crippen molar-refractivity contribution in [3.8, 4) is 0 Å². The summed E-state index contributed by atoms with van der Waals surface area (Å²) in [4.78, 5) is 17.9. The first-order valence-electron chi connectivity index (χ1n) is 7.34. The highest BCUT2D eigenvalue weighted by atomic mass is 19.1. The molecule has 120 valence electrons. The molecule has 5 heteroatoms. The van der Waals surface area contributed by atoms with Crippen LogP contribution in [0.15, 0.2) is 54.9 Å². The van der Waals surface area contributed by atoms with Gasteiger partial charge in [0.2, 0.25) is 5.91 Å². The number of nitrogens with one attached hydrogen (secondary N) is 1. The summed E-state index contributed by atoms with van der Waals surface area (Å²) < 4.78 is 13.4. The molecule has 1 heterocycles. The predicted octanol–water partition coefficient (Wildman–Crippen LogP) is 2.65. The number of benzene rings is 1. The maximum absolute atomic E-state index is 13.4. The zero-order chi connectivity index (χ0) is 16.7. The maximum Gasteiger partial charge on any atom is 0.244 e. The fourth-order valence-corrected chi connectivity index (χ4v) is 2.22. The lowest BCUT2D eigenvalue weighted by Gasteiger charge is -2.24. The average molecular weight is 313 g/mol. The van der Waals surface area contributed by atoms with E-state index in [1.807, 2.05) is 37.2 Å². The summed E-state index contributed by atoms with van der Waals surface area (Å²) in [6, 6.07) is 10.0. The van der Waals surface area contributed by atoms with Gasteiger partial charge in [0.05, 0.1) is 6.04 Å². The highest BCUT2D eigenvalue weighted by molar-refractivity contribution is 5.91. The van der Waals surface area contributed by atoms with E-state index >= 15 is 0 Å². The minimum Gasteiger partial charge on any atom is -0.351 e.